The summed E-state index contributed by atoms with van der Waals surface area (Å²) in [5.74, 6) is 0.0160. The first kappa shape index (κ1) is 19.2. The van der Waals surface area contributed by atoms with Crippen LogP contribution in [0, 0.1) is 5.41 Å². The summed E-state index contributed by atoms with van der Waals surface area (Å²) < 4.78 is 28.1. The van der Waals surface area contributed by atoms with Crippen LogP contribution in [0.3, 0.4) is 0 Å². The van der Waals surface area contributed by atoms with Gasteiger partial charge in [-0.2, -0.15) is 4.31 Å². The quantitative estimate of drug-likeness (QED) is 0.822. The van der Waals surface area contributed by atoms with Crippen LogP contribution in [0.15, 0.2) is 29.2 Å². The van der Waals surface area contributed by atoms with Crippen molar-refractivity contribution >= 4 is 27.5 Å². The van der Waals surface area contributed by atoms with Crippen LogP contribution in [0.4, 0.5) is 0 Å². The fourth-order valence-electron chi connectivity index (χ4n) is 4.55. The number of benzene rings is 1. The zero-order chi connectivity index (χ0) is 19.2. The molecular weight excluding hydrogens is 388 g/mol. The largest absolute Gasteiger partial charge is 0.391 e. The lowest BCUT2D eigenvalue weighted by molar-refractivity contribution is -0.138. The third-order valence-electron chi connectivity index (χ3n) is 6.18. The lowest BCUT2D eigenvalue weighted by Gasteiger charge is -2.40. The smallest absolute Gasteiger partial charge is 0.243 e. The molecule has 2 unspecified atom stereocenters. The molecule has 1 aromatic carbocycles. The van der Waals surface area contributed by atoms with Crippen molar-refractivity contribution in [3.05, 3.63) is 29.3 Å². The second-order valence-electron chi connectivity index (χ2n) is 7.93. The minimum absolute atomic E-state index is 0.0160. The van der Waals surface area contributed by atoms with Gasteiger partial charge in [-0.15, -0.1) is 0 Å². The molecule has 148 valence electrons. The number of rotatable bonds is 4. The van der Waals surface area contributed by atoms with E-state index in [1.54, 1.807) is 21.3 Å². The van der Waals surface area contributed by atoms with E-state index < -0.39 is 21.5 Å². The SMILES string of the molecule is O=C(N1CCC(O)C1)C1(C2CCCCN2S(=O)(=O)c2ccc(Cl)cc2)CC1. The van der Waals surface area contributed by atoms with Gasteiger partial charge < -0.3 is 10.0 Å². The van der Waals surface area contributed by atoms with Crippen molar-refractivity contribution in [3.63, 3.8) is 0 Å². The van der Waals surface area contributed by atoms with Crippen molar-refractivity contribution in [1.29, 1.82) is 0 Å². The summed E-state index contributed by atoms with van der Waals surface area (Å²) in [6, 6.07) is 5.91. The average Bonchev–Trinajstić information content (AvgIpc) is 3.36. The molecule has 3 fully saturated rings. The zero-order valence-electron chi connectivity index (χ0n) is 15.2. The molecule has 0 aromatic heterocycles. The third-order valence-corrected chi connectivity index (χ3v) is 8.35. The van der Waals surface area contributed by atoms with Gasteiger partial charge in [-0.1, -0.05) is 18.0 Å². The molecular formula is C19H25ClN2O4S. The molecule has 0 spiro atoms. The number of piperidine rings is 1. The van der Waals surface area contributed by atoms with Crippen LogP contribution >= 0.6 is 11.6 Å². The number of halogens is 1. The maximum absolute atomic E-state index is 13.3. The Bertz CT molecular complexity index is 823. The van der Waals surface area contributed by atoms with Crippen molar-refractivity contribution in [2.24, 2.45) is 5.41 Å². The van der Waals surface area contributed by atoms with E-state index in [1.807, 2.05) is 0 Å². The van der Waals surface area contributed by atoms with Crippen LogP contribution in [0.5, 0.6) is 0 Å². The van der Waals surface area contributed by atoms with Gasteiger partial charge in [0.25, 0.3) is 0 Å². The molecule has 27 heavy (non-hydrogen) atoms. The van der Waals surface area contributed by atoms with E-state index in [0.717, 1.165) is 25.7 Å². The first-order valence-corrected chi connectivity index (χ1v) is 11.4. The van der Waals surface area contributed by atoms with Gasteiger partial charge in [0.05, 0.1) is 16.4 Å². The van der Waals surface area contributed by atoms with Crippen LogP contribution in [-0.4, -0.2) is 60.4 Å². The predicted molar refractivity (Wildman–Crippen MR) is 102 cm³/mol. The number of carbonyl (C=O) groups excluding carboxylic acids is 1. The van der Waals surface area contributed by atoms with Gasteiger partial charge in [0, 0.05) is 30.7 Å². The number of sulfonamides is 1. The Kier molecular flexibility index (Phi) is 4.99. The standard InChI is InChI=1S/C19H25ClN2O4S/c20-14-4-6-16(7-5-14)27(25,26)22-11-2-1-3-17(22)19(9-10-19)18(24)21-12-8-15(23)13-21/h4-7,15,17,23H,1-3,8-13H2. The molecule has 1 amide bonds. The second kappa shape index (κ2) is 7.03. The first-order chi connectivity index (χ1) is 12.8. The second-order valence-corrected chi connectivity index (χ2v) is 10.3. The molecule has 6 nitrogen and oxygen atoms in total. The number of aliphatic hydroxyl groups excluding tert-OH is 1. The van der Waals surface area contributed by atoms with Crippen LogP contribution in [-0.2, 0) is 14.8 Å². The van der Waals surface area contributed by atoms with Crippen molar-refractivity contribution in [1.82, 2.24) is 9.21 Å². The molecule has 1 N–H and O–H groups in total. The van der Waals surface area contributed by atoms with Gasteiger partial charge in [-0.25, -0.2) is 8.42 Å². The monoisotopic (exact) mass is 412 g/mol. The fourth-order valence-corrected chi connectivity index (χ4v) is 6.44. The van der Waals surface area contributed by atoms with E-state index in [-0.39, 0.29) is 16.8 Å². The molecule has 3 aliphatic rings. The van der Waals surface area contributed by atoms with E-state index in [1.165, 1.54) is 12.1 Å². The van der Waals surface area contributed by atoms with Crippen LogP contribution in [0.25, 0.3) is 0 Å². The molecule has 4 rings (SSSR count). The fraction of sp³-hybridized carbons (Fsp3) is 0.632. The van der Waals surface area contributed by atoms with Crippen molar-refractivity contribution in [2.75, 3.05) is 19.6 Å². The summed E-state index contributed by atoms with van der Waals surface area (Å²) in [6.07, 6.45) is 4.00. The van der Waals surface area contributed by atoms with Crippen molar-refractivity contribution in [2.45, 2.75) is 55.6 Å². The highest BCUT2D eigenvalue weighted by atomic mass is 35.5. The van der Waals surface area contributed by atoms with E-state index in [0.29, 0.717) is 37.5 Å². The van der Waals surface area contributed by atoms with Crippen LogP contribution in [0.1, 0.15) is 38.5 Å². The minimum Gasteiger partial charge on any atom is -0.391 e. The molecule has 2 aliphatic heterocycles. The number of hydrogen-bond acceptors (Lipinski definition) is 4. The average molecular weight is 413 g/mol. The van der Waals surface area contributed by atoms with Crippen molar-refractivity contribution in [3.8, 4) is 0 Å². The van der Waals surface area contributed by atoms with E-state index in [9.17, 15) is 18.3 Å². The van der Waals surface area contributed by atoms with Gasteiger partial charge >= 0.3 is 0 Å². The zero-order valence-corrected chi connectivity index (χ0v) is 16.8. The van der Waals surface area contributed by atoms with E-state index >= 15 is 0 Å². The summed E-state index contributed by atoms with van der Waals surface area (Å²) in [7, 11) is -3.68. The Morgan fingerprint density at radius 2 is 1.81 bits per heavy atom. The topological polar surface area (TPSA) is 77.9 Å². The van der Waals surface area contributed by atoms with Gasteiger partial charge in [0.15, 0.2) is 0 Å². The maximum Gasteiger partial charge on any atom is 0.243 e. The number of carbonyl (C=O) groups is 1. The number of aliphatic hydroxyl groups is 1. The van der Waals surface area contributed by atoms with Gasteiger partial charge in [0.1, 0.15) is 0 Å². The van der Waals surface area contributed by atoms with Crippen LogP contribution < -0.4 is 0 Å². The molecule has 2 saturated heterocycles. The van der Waals surface area contributed by atoms with E-state index in [2.05, 4.69) is 0 Å². The lowest BCUT2D eigenvalue weighted by atomic mass is 9.88. The maximum atomic E-state index is 13.3. The molecule has 1 saturated carbocycles. The number of likely N-dealkylation sites (tertiary alicyclic amines) is 1. The number of nitrogens with zero attached hydrogens (tertiary/aromatic N) is 2. The number of amides is 1. The molecule has 1 aromatic rings. The highest BCUT2D eigenvalue weighted by molar-refractivity contribution is 7.89. The molecule has 2 heterocycles. The molecule has 8 heteroatoms. The Balaban J connectivity index is 1.63. The Morgan fingerprint density at radius 3 is 2.41 bits per heavy atom. The summed E-state index contributed by atoms with van der Waals surface area (Å²) in [5.41, 5.74) is -0.621. The minimum atomic E-state index is -3.68. The molecule has 0 bridgehead atoms. The predicted octanol–water partition coefficient (Wildman–Crippen LogP) is 2.26. The van der Waals surface area contributed by atoms with Gasteiger partial charge in [-0.3, -0.25) is 4.79 Å². The van der Waals surface area contributed by atoms with Gasteiger partial charge in [0.2, 0.25) is 15.9 Å². The summed E-state index contributed by atoms with van der Waals surface area (Å²) in [4.78, 5) is 15.1. The highest BCUT2D eigenvalue weighted by Crippen LogP contribution is 2.55. The molecule has 1 aliphatic carbocycles. The summed E-state index contributed by atoms with van der Waals surface area (Å²) in [6.45, 7) is 1.35. The van der Waals surface area contributed by atoms with Crippen molar-refractivity contribution < 1.29 is 18.3 Å². The molecule has 2 atom stereocenters. The first-order valence-electron chi connectivity index (χ1n) is 9.59. The van der Waals surface area contributed by atoms with Crippen LogP contribution in [0.2, 0.25) is 5.02 Å². The highest BCUT2D eigenvalue weighted by Gasteiger charge is 2.60. The summed E-state index contributed by atoms with van der Waals surface area (Å²) >= 11 is 5.91. The Labute approximate surface area is 165 Å². The number of β-amino-alcohol motifs (C(OH)–C–C–N with tert-alkyl or cyclic N) is 1. The third kappa shape index (κ3) is 3.39. The Hall–Kier alpha value is -1.15. The Morgan fingerprint density at radius 1 is 1.11 bits per heavy atom. The normalized spacial score (nSPS) is 28.3. The van der Waals surface area contributed by atoms with E-state index in [4.69, 9.17) is 11.6 Å². The number of hydrogen-bond donors (Lipinski definition) is 1. The molecule has 0 radical (unpaired) electrons. The van der Waals surface area contributed by atoms with Gasteiger partial charge in [-0.05, 0) is 56.4 Å². The summed E-state index contributed by atoms with van der Waals surface area (Å²) in [5, 5.41) is 10.3. The lowest BCUT2D eigenvalue weighted by Crippen LogP contribution is -2.53.